The lowest BCUT2D eigenvalue weighted by molar-refractivity contribution is 0.289. The van der Waals surface area contributed by atoms with E-state index >= 15 is 0 Å². The standard InChI is InChI=1S/C20H20F2O.C5H8/c1-15(18-8-12-20(22)13-9-18)17(3-2-14-23)7-4-16-5-10-19(21)11-6-16;1-4-5(2)3/h4-13,23H,2-3,14H2,1H3;4H,1-2H2,3H3/b7-4+,17-15+;. The lowest BCUT2D eigenvalue weighted by Crippen LogP contribution is -1.91. The van der Waals surface area contributed by atoms with E-state index in [2.05, 4.69) is 13.2 Å². The van der Waals surface area contributed by atoms with Crippen LogP contribution in [0.3, 0.4) is 0 Å². The Balaban J connectivity index is 0.000000696. The number of aliphatic hydroxyl groups excluding tert-OH is 1. The summed E-state index contributed by atoms with van der Waals surface area (Å²) in [5, 5.41) is 9.08. The maximum absolute atomic E-state index is 13.1. The van der Waals surface area contributed by atoms with Crippen molar-refractivity contribution in [2.75, 3.05) is 6.61 Å². The highest BCUT2D eigenvalue weighted by molar-refractivity contribution is 5.71. The van der Waals surface area contributed by atoms with Crippen molar-refractivity contribution in [2.24, 2.45) is 0 Å². The molecule has 1 nitrogen and oxygen atoms in total. The summed E-state index contributed by atoms with van der Waals surface area (Å²) in [5.74, 6) is -0.527. The first-order valence-electron chi connectivity index (χ1n) is 9.15. The minimum absolute atomic E-state index is 0.116. The summed E-state index contributed by atoms with van der Waals surface area (Å²) in [6.07, 6.45) is 6.99. The van der Waals surface area contributed by atoms with Crippen LogP contribution in [0.25, 0.3) is 11.6 Å². The molecule has 148 valence electrons. The maximum atomic E-state index is 13.1. The summed E-state index contributed by atoms with van der Waals surface area (Å²) < 4.78 is 26.0. The number of allylic oxidation sites excluding steroid dienone is 5. The predicted octanol–water partition coefficient (Wildman–Crippen LogP) is 6.97. The van der Waals surface area contributed by atoms with Crippen LogP contribution in [-0.4, -0.2) is 11.7 Å². The lowest BCUT2D eigenvalue weighted by Gasteiger charge is -2.09. The highest BCUT2D eigenvalue weighted by Gasteiger charge is 2.03. The third kappa shape index (κ3) is 8.74. The lowest BCUT2D eigenvalue weighted by atomic mass is 9.97. The van der Waals surface area contributed by atoms with E-state index in [0.29, 0.717) is 6.42 Å². The largest absolute Gasteiger partial charge is 0.396 e. The minimum Gasteiger partial charge on any atom is -0.396 e. The molecular formula is C25H28F2O. The van der Waals surface area contributed by atoms with E-state index in [4.69, 9.17) is 5.11 Å². The second-order valence-electron chi connectivity index (χ2n) is 6.42. The predicted molar refractivity (Wildman–Crippen MR) is 116 cm³/mol. The van der Waals surface area contributed by atoms with E-state index in [0.717, 1.165) is 34.3 Å². The molecule has 1 N–H and O–H groups in total. The van der Waals surface area contributed by atoms with Gasteiger partial charge in [-0.15, -0.1) is 0 Å². The topological polar surface area (TPSA) is 20.2 Å². The Labute approximate surface area is 167 Å². The van der Waals surface area contributed by atoms with Crippen LogP contribution >= 0.6 is 0 Å². The number of hydrogen-bond donors (Lipinski definition) is 1. The van der Waals surface area contributed by atoms with Gasteiger partial charge in [0, 0.05) is 6.61 Å². The van der Waals surface area contributed by atoms with Gasteiger partial charge in [0.25, 0.3) is 0 Å². The molecule has 0 bridgehead atoms. The van der Waals surface area contributed by atoms with Crippen LogP contribution in [-0.2, 0) is 0 Å². The monoisotopic (exact) mass is 382 g/mol. The zero-order valence-electron chi connectivity index (χ0n) is 16.6. The molecule has 0 fully saturated rings. The highest BCUT2D eigenvalue weighted by atomic mass is 19.1. The number of aliphatic hydroxyl groups is 1. The first-order chi connectivity index (χ1) is 13.4. The molecule has 0 atom stereocenters. The van der Waals surface area contributed by atoms with E-state index in [9.17, 15) is 8.78 Å². The van der Waals surface area contributed by atoms with Crippen molar-refractivity contribution >= 4 is 11.6 Å². The number of halogens is 2. The zero-order valence-corrected chi connectivity index (χ0v) is 16.6. The van der Waals surface area contributed by atoms with E-state index in [1.165, 1.54) is 24.3 Å². The third-order valence-corrected chi connectivity index (χ3v) is 4.06. The van der Waals surface area contributed by atoms with Crippen molar-refractivity contribution in [3.63, 3.8) is 0 Å². The van der Waals surface area contributed by atoms with Crippen LogP contribution < -0.4 is 0 Å². The van der Waals surface area contributed by atoms with Gasteiger partial charge in [-0.3, -0.25) is 0 Å². The summed E-state index contributed by atoms with van der Waals surface area (Å²) in [5.41, 5.74) is 4.97. The molecule has 0 aliphatic carbocycles. The molecule has 2 rings (SSSR count). The summed E-state index contributed by atoms with van der Waals surface area (Å²) in [7, 11) is 0. The van der Waals surface area contributed by atoms with Gasteiger partial charge in [0.15, 0.2) is 0 Å². The second kappa shape index (κ2) is 12.6. The van der Waals surface area contributed by atoms with Crippen molar-refractivity contribution in [1.82, 2.24) is 0 Å². The van der Waals surface area contributed by atoms with Crippen molar-refractivity contribution in [3.05, 3.63) is 108 Å². The normalized spacial score (nSPS) is 11.5. The third-order valence-electron chi connectivity index (χ3n) is 4.06. The molecule has 0 radical (unpaired) electrons. The first kappa shape index (κ1) is 23.3. The first-order valence-corrected chi connectivity index (χ1v) is 9.15. The SMILES string of the molecule is C/C(=C(\C=C\c1ccc(F)cc1)CCCO)c1ccc(F)cc1.C=CC(=C)C. The van der Waals surface area contributed by atoms with Crippen LogP contribution in [0.5, 0.6) is 0 Å². The summed E-state index contributed by atoms with van der Waals surface area (Å²) in [6.45, 7) is 11.0. The molecule has 0 aromatic heterocycles. The van der Waals surface area contributed by atoms with Crippen LogP contribution in [0.1, 0.15) is 37.8 Å². The van der Waals surface area contributed by atoms with E-state index in [-0.39, 0.29) is 18.2 Å². The maximum Gasteiger partial charge on any atom is 0.123 e. The Hall–Kier alpha value is -2.78. The Bertz CT molecular complexity index is 813. The number of hydrogen-bond acceptors (Lipinski definition) is 1. The number of rotatable bonds is 7. The van der Waals surface area contributed by atoms with Gasteiger partial charge in [-0.25, -0.2) is 8.78 Å². The van der Waals surface area contributed by atoms with Crippen LogP contribution in [0, 0.1) is 11.6 Å². The average Bonchev–Trinajstić information content (AvgIpc) is 2.70. The molecule has 0 spiro atoms. The molecule has 0 amide bonds. The van der Waals surface area contributed by atoms with Crippen LogP contribution in [0.15, 0.2) is 85.0 Å². The molecule has 3 heteroatoms. The van der Waals surface area contributed by atoms with Crippen LogP contribution in [0.2, 0.25) is 0 Å². The van der Waals surface area contributed by atoms with E-state index in [1.807, 2.05) is 26.0 Å². The van der Waals surface area contributed by atoms with Gasteiger partial charge in [-0.2, -0.15) is 0 Å². The van der Waals surface area contributed by atoms with E-state index in [1.54, 1.807) is 30.3 Å². The summed E-state index contributed by atoms with van der Waals surface area (Å²) in [4.78, 5) is 0. The fourth-order valence-corrected chi connectivity index (χ4v) is 2.32. The number of benzene rings is 2. The van der Waals surface area contributed by atoms with Crippen molar-refractivity contribution in [3.8, 4) is 0 Å². The quantitative estimate of drug-likeness (QED) is 0.513. The molecular weight excluding hydrogens is 354 g/mol. The summed E-state index contributed by atoms with van der Waals surface area (Å²) >= 11 is 0. The smallest absolute Gasteiger partial charge is 0.123 e. The Morgan fingerprint density at radius 1 is 0.964 bits per heavy atom. The van der Waals surface area contributed by atoms with Gasteiger partial charge in [-0.05, 0) is 73.2 Å². The zero-order chi connectivity index (χ0) is 20.9. The van der Waals surface area contributed by atoms with Gasteiger partial charge in [0.05, 0.1) is 0 Å². The van der Waals surface area contributed by atoms with Gasteiger partial charge in [0.2, 0.25) is 0 Å². The Kier molecular flexibility index (Phi) is 10.4. The van der Waals surface area contributed by atoms with Gasteiger partial charge >= 0.3 is 0 Å². The Morgan fingerprint density at radius 2 is 1.46 bits per heavy atom. The van der Waals surface area contributed by atoms with Gasteiger partial charge < -0.3 is 5.11 Å². The van der Waals surface area contributed by atoms with Gasteiger partial charge in [-0.1, -0.05) is 61.2 Å². The average molecular weight is 382 g/mol. The molecule has 2 aromatic rings. The fourth-order valence-electron chi connectivity index (χ4n) is 2.32. The molecule has 0 saturated carbocycles. The van der Waals surface area contributed by atoms with Gasteiger partial charge in [0.1, 0.15) is 11.6 Å². The van der Waals surface area contributed by atoms with Crippen molar-refractivity contribution < 1.29 is 13.9 Å². The van der Waals surface area contributed by atoms with E-state index < -0.39 is 0 Å². The van der Waals surface area contributed by atoms with Crippen molar-refractivity contribution in [1.29, 1.82) is 0 Å². The second-order valence-corrected chi connectivity index (χ2v) is 6.42. The van der Waals surface area contributed by atoms with Crippen LogP contribution in [0.4, 0.5) is 8.78 Å². The molecule has 0 saturated heterocycles. The molecule has 0 aliphatic rings. The molecule has 28 heavy (non-hydrogen) atoms. The highest BCUT2D eigenvalue weighted by Crippen LogP contribution is 2.23. The summed E-state index contributed by atoms with van der Waals surface area (Å²) in [6, 6.07) is 12.6. The molecule has 0 aliphatic heterocycles. The molecule has 0 unspecified atom stereocenters. The molecule has 0 heterocycles. The van der Waals surface area contributed by atoms with Crippen molar-refractivity contribution in [2.45, 2.75) is 26.7 Å². The fraction of sp³-hybridized carbons (Fsp3) is 0.200. The molecule has 2 aromatic carbocycles. The minimum atomic E-state index is -0.264. The Morgan fingerprint density at radius 3 is 1.93 bits per heavy atom.